The first-order chi connectivity index (χ1) is 20.0. The van der Waals surface area contributed by atoms with E-state index in [-0.39, 0.29) is 11.6 Å². The van der Waals surface area contributed by atoms with Crippen molar-refractivity contribution in [3.05, 3.63) is 184 Å². The SMILES string of the molecule is Cn1cc(C(=O)c2c[n+](C(c3ccccc3)(c3ccccc3)c3ccccc3)c[nH]2)cc1C(=O)c1ccc(Cl)cc1. The van der Waals surface area contributed by atoms with Crippen LogP contribution in [0.1, 0.15) is 48.8 Å². The number of aromatic nitrogens is 3. The lowest BCUT2D eigenvalue weighted by atomic mass is 9.77. The summed E-state index contributed by atoms with van der Waals surface area (Å²) in [7, 11) is 1.76. The van der Waals surface area contributed by atoms with Crippen LogP contribution in [0.2, 0.25) is 5.02 Å². The highest BCUT2D eigenvalue weighted by Crippen LogP contribution is 2.36. The number of nitrogens with one attached hydrogen (secondary N) is 1. The van der Waals surface area contributed by atoms with Gasteiger partial charge in [0.2, 0.25) is 23.6 Å². The van der Waals surface area contributed by atoms with E-state index in [0.717, 1.165) is 16.7 Å². The molecule has 0 aliphatic rings. The molecule has 2 aromatic heterocycles. The van der Waals surface area contributed by atoms with E-state index in [1.807, 2.05) is 67.1 Å². The summed E-state index contributed by atoms with van der Waals surface area (Å²) in [5, 5.41) is 0.557. The fraction of sp³-hybridized carbons (Fsp3) is 0.0571. The normalized spacial score (nSPS) is 11.4. The molecule has 0 fully saturated rings. The van der Waals surface area contributed by atoms with Gasteiger partial charge in [0, 0.05) is 46.1 Å². The molecule has 6 heteroatoms. The zero-order valence-corrected chi connectivity index (χ0v) is 23.1. The van der Waals surface area contributed by atoms with Crippen LogP contribution in [0.3, 0.4) is 0 Å². The topological polar surface area (TPSA) is 58.7 Å². The molecule has 6 rings (SSSR count). The molecule has 41 heavy (non-hydrogen) atoms. The van der Waals surface area contributed by atoms with E-state index in [1.165, 1.54) is 0 Å². The van der Waals surface area contributed by atoms with Gasteiger partial charge in [-0.05, 0) is 30.3 Å². The Hall–Kier alpha value is -5.00. The van der Waals surface area contributed by atoms with E-state index in [2.05, 4.69) is 45.9 Å². The second-order valence-corrected chi connectivity index (χ2v) is 10.4. The number of ketones is 2. The van der Waals surface area contributed by atoms with E-state index in [1.54, 1.807) is 48.1 Å². The first-order valence-electron chi connectivity index (χ1n) is 13.3. The van der Waals surface area contributed by atoms with Gasteiger partial charge in [0.25, 0.3) is 0 Å². The van der Waals surface area contributed by atoms with Crippen LogP contribution >= 0.6 is 11.6 Å². The molecule has 0 amide bonds. The Kier molecular flexibility index (Phi) is 6.96. The van der Waals surface area contributed by atoms with Gasteiger partial charge >= 0.3 is 0 Å². The highest BCUT2D eigenvalue weighted by molar-refractivity contribution is 6.30. The third kappa shape index (κ3) is 4.71. The van der Waals surface area contributed by atoms with E-state index < -0.39 is 5.54 Å². The number of hydrogen-bond donors (Lipinski definition) is 1. The monoisotopic (exact) mass is 556 g/mol. The van der Waals surface area contributed by atoms with E-state index in [4.69, 9.17) is 11.6 Å². The molecule has 4 aromatic carbocycles. The van der Waals surface area contributed by atoms with Crippen molar-refractivity contribution in [1.29, 1.82) is 0 Å². The standard InChI is InChI=1S/C35H26ClN3O2/c1-38-22-26(21-32(38)34(41)25-17-19-30(36)20-18-25)33(40)31-23-39(24-37-31)35(27-11-5-2-6-12-27,28-13-7-3-8-14-28)29-15-9-4-10-16-29/h2-24H,1H3/p+1. The number of H-pyrrole nitrogens is 1. The van der Waals surface area contributed by atoms with Gasteiger partial charge in [0.15, 0.2) is 5.54 Å². The summed E-state index contributed by atoms with van der Waals surface area (Å²) in [5.74, 6) is -0.390. The fourth-order valence-electron chi connectivity index (χ4n) is 5.47. The van der Waals surface area contributed by atoms with Gasteiger partial charge in [-0.25, -0.2) is 9.55 Å². The van der Waals surface area contributed by atoms with Crippen LogP contribution in [0, 0.1) is 0 Å². The van der Waals surface area contributed by atoms with Gasteiger partial charge in [-0.1, -0.05) is 103 Å². The van der Waals surface area contributed by atoms with Crippen molar-refractivity contribution in [2.24, 2.45) is 7.05 Å². The summed E-state index contributed by atoms with van der Waals surface area (Å²) in [5.41, 5.74) is 4.17. The largest absolute Gasteiger partial charge is 0.347 e. The Balaban J connectivity index is 1.44. The van der Waals surface area contributed by atoms with Gasteiger partial charge in [0.05, 0.1) is 5.69 Å². The molecule has 0 spiro atoms. The molecule has 0 saturated carbocycles. The summed E-state index contributed by atoms with van der Waals surface area (Å²) < 4.78 is 3.74. The maximum absolute atomic E-state index is 13.8. The van der Waals surface area contributed by atoms with Crippen LogP contribution < -0.4 is 4.57 Å². The Morgan fingerprint density at radius 1 is 0.707 bits per heavy atom. The summed E-state index contributed by atoms with van der Waals surface area (Å²) in [6.07, 6.45) is 5.38. The summed E-state index contributed by atoms with van der Waals surface area (Å²) in [4.78, 5) is 30.2. The third-order valence-electron chi connectivity index (χ3n) is 7.44. The lowest BCUT2D eigenvalue weighted by Gasteiger charge is -2.32. The minimum Gasteiger partial charge on any atom is -0.347 e. The smallest absolute Gasteiger partial charge is 0.243 e. The Labute approximate surface area is 243 Å². The number of nitrogens with zero attached hydrogens (tertiary/aromatic N) is 2. The van der Waals surface area contributed by atoms with Crippen molar-refractivity contribution >= 4 is 23.2 Å². The molecule has 5 nitrogen and oxygen atoms in total. The molecular formula is C35H27ClN3O2+. The minimum atomic E-state index is -0.745. The quantitative estimate of drug-likeness (QED) is 0.130. The van der Waals surface area contributed by atoms with Crippen molar-refractivity contribution < 1.29 is 14.2 Å². The molecule has 1 N–H and O–H groups in total. The predicted octanol–water partition coefficient (Wildman–Crippen LogP) is 6.60. The maximum atomic E-state index is 13.8. The lowest BCUT2D eigenvalue weighted by molar-refractivity contribution is -0.733. The van der Waals surface area contributed by atoms with Gasteiger partial charge < -0.3 is 4.57 Å². The number of benzene rings is 4. The van der Waals surface area contributed by atoms with Crippen LogP contribution in [0.15, 0.2) is 140 Å². The Morgan fingerprint density at radius 2 is 1.22 bits per heavy atom. The van der Waals surface area contributed by atoms with Gasteiger partial charge in [-0.15, -0.1) is 0 Å². The molecule has 0 atom stereocenters. The second-order valence-electron chi connectivity index (χ2n) is 9.92. The molecule has 0 aliphatic heterocycles. The highest BCUT2D eigenvalue weighted by atomic mass is 35.5. The molecule has 0 radical (unpaired) electrons. The van der Waals surface area contributed by atoms with Gasteiger partial charge in [-0.3, -0.25) is 9.59 Å². The zero-order chi connectivity index (χ0) is 28.4. The fourth-order valence-corrected chi connectivity index (χ4v) is 5.60. The van der Waals surface area contributed by atoms with Gasteiger partial charge in [-0.2, -0.15) is 0 Å². The van der Waals surface area contributed by atoms with Crippen molar-refractivity contribution in [3.8, 4) is 0 Å². The number of aryl methyl sites for hydroxylation is 1. The predicted molar refractivity (Wildman–Crippen MR) is 159 cm³/mol. The lowest BCUT2D eigenvalue weighted by Crippen LogP contribution is -2.57. The Morgan fingerprint density at radius 3 is 1.73 bits per heavy atom. The number of aromatic amines is 1. The first kappa shape index (κ1) is 26.2. The minimum absolute atomic E-state index is 0.180. The summed E-state index contributed by atoms with van der Waals surface area (Å²) in [6.45, 7) is 0. The van der Waals surface area contributed by atoms with Crippen molar-refractivity contribution in [2.75, 3.05) is 0 Å². The molecular weight excluding hydrogens is 530 g/mol. The van der Waals surface area contributed by atoms with Crippen LogP contribution in [0.5, 0.6) is 0 Å². The highest BCUT2D eigenvalue weighted by Gasteiger charge is 2.43. The van der Waals surface area contributed by atoms with Crippen LogP contribution in [0.25, 0.3) is 0 Å². The van der Waals surface area contributed by atoms with Crippen molar-refractivity contribution in [2.45, 2.75) is 5.54 Å². The summed E-state index contributed by atoms with van der Waals surface area (Å²) in [6, 6.07) is 39.2. The molecule has 0 unspecified atom stereocenters. The molecule has 6 aromatic rings. The maximum Gasteiger partial charge on any atom is 0.243 e. The van der Waals surface area contributed by atoms with Crippen LogP contribution in [-0.2, 0) is 12.6 Å². The molecule has 2 heterocycles. The molecule has 0 saturated heterocycles. The van der Waals surface area contributed by atoms with Crippen molar-refractivity contribution in [1.82, 2.24) is 9.55 Å². The van der Waals surface area contributed by atoms with E-state index in [0.29, 0.717) is 27.5 Å². The average molecular weight is 557 g/mol. The van der Waals surface area contributed by atoms with Gasteiger partial charge in [0.1, 0.15) is 6.20 Å². The Bertz CT molecular complexity index is 1730. The number of carbonyl (C=O) groups is 2. The van der Waals surface area contributed by atoms with E-state index >= 15 is 0 Å². The van der Waals surface area contributed by atoms with Crippen LogP contribution in [0.4, 0.5) is 0 Å². The summed E-state index contributed by atoms with van der Waals surface area (Å²) >= 11 is 5.99. The van der Waals surface area contributed by atoms with Crippen LogP contribution in [-0.4, -0.2) is 21.1 Å². The molecule has 200 valence electrons. The number of rotatable bonds is 8. The molecule has 0 aliphatic carbocycles. The average Bonchev–Trinajstić information content (AvgIpc) is 3.67. The van der Waals surface area contributed by atoms with Crippen molar-refractivity contribution in [3.63, 3.8) is 0 Å². The second kappa shape index (κ2) is 10.9. The number of halogens is 1. The number of hydrogen-bond acceptors (Lipinski definition) is 2. The third-order valence-corrected chi connectivity index (χ3v) is 7.69. The number of imidazole rings is 1. The number of carbonyl (C=O) groups excluding carboxylic acids is 2. The van der Waals surface area contributed by atoms with E-state index in [9.17, 15) is 9.59 Å². The molecule has 0 bridgehead atoms. The zero-order valence-electron chi connectivity index (χ0n) is 22.4. The first-order valence-corrected chi connectivity index (χ1v) is 13.6.